The summed E-state index contributed by atoms with van der Waals surface area (Å²) in [6.45, 7) is 3.37. The van der Waals surface area contributed by atoms with Gasteiger partial charge in [0.1, 0.15) is 0 Å². The monoisotopic (exact) mass is 254 g/mol. The molecule has 0 aliphatic carbocycles. The van der Waals surface area contributed by atoms with Gasteiger partial charge in [-0.25, -0.2) is 0 Å². The lowest BCUT2D eigenvalue weighted by Crippen LogP contribution is -2.40. The molecular formula is C17H22N2. The average Bonchev–Trinajstić information content (AvgIpc) is 2.48. The lowest BCUT2D eigenvalue weighted by Gasteiger charge is -2.31. The van der Waals surface area contributed by atoms with Gasteiger partial charge in [0.25, 0.3) is 0 Å². The van der Waals surface area contributed by atoms with Crippen LogP contribution in [0.3, 0.4) is 0 Å². The molecule has 0 atom stereocenters. The standard InChI is InChI=1S/C17H22N2/c1-19(17-8-10-18-11-9-17)13-14-6-7-15-4-2-3-5-16(15)12-14/h2-7,12,17-18H,8-11,13H2,1H3. The van der Waals surface area contributed by atoms with E-state index in [9.17, 15) is 0 Å². The highest BCUT2D eigenvalue weighted by atomic mass is 15.1. The highest BCUT2D eigenvalue weighted by Gasteiger charge is 2.17. The van der Waals surface area contributed by atoms with E-state index in [4.69, 9.17) is 0 Å². The Kier molecular flexibility index (Phi) is 3.81. The molecule has 1 saturated heterocycles. The van der Waals surface area contributed by atoms with Gasteiger partial charge in [-0.2, -0.15) is 0 Å². The van der Waals surface area contributed by atoms with Crippen LogP contribution in [0.4, 0.5) is 0 Å². The highest BCUT2D eigenvalue weighted by molar-refractivity contribution is 5.82. The second-order valence-electron chi connectivity index (χ2n) is 5.58. The summed E-state index contributed by atoms with van der Waals surface area (Å²) in [5, 5.41) is 6.11. The molecule has 100 valence electrons. The van der Waals surface area contributed by atoms with E-state index in [1.807, 2.05) is 0 Å². The molecule has 19 heavy (non-hydrogen) atoms. The zero-order chi connectivity index (χ0) is 13.1. The van der Waals surface area contributed by atoms with Gasteiger partial charge in [-0.3, -0.25) is 4.90 Å². The Morgan fingerprint density at radius 3 is 2.58 bits per heavy atom. The predicted octanol–water partition coefficient (Wildman–Crippen LogP) is 3.02. The van der Waals surface area contributed by atoms with Crippen molar-refractivity contribution in [3.05, 3.63) is 48.0 Å². The minimum Gasteiger partial charge on any atom is -0.317 e. The molecular weight excluding hydrogens is 232 g/mol. The van der Waals surface area contributed by atoms with Crippen LogP contribution >= 0.6 is 0 Å². The van der Waals surface area contributed by atoms with Crippen molar-refractivity contribution in [1.82, 2.24) is 10.2 Å². The van der Waals surface area contributed by atoms with Gasteiger partial charge in [-0.05, 0) is 55.4 Å². The molecule has 1 fully saturated rings. The largest absolute Gasteiger partial charge is 0.317 e. The molecule has 1 aliphatic rings. The summed E-state index contributed by atoms with van der Waals surface area (Å²) < 4.78 is 0. The zero-order valence-corrected chi connectivity index (χ0v) is 11.6. The summed E-state index contributed by atoms with van der Waals surface area (Å²) >= 11 is 0. The van der Waals surface area contributed by atoms with Crippen molar-refractivity contribution < 1.29 is 0 Å². The summed E-state index contributed by atoms with van der Waals surface area (Å²) in [6, 6.07) is 16.1. The first-order valence-corrected chi connectivity index (χ1v) is 7.21. The third-order valence-electron chi connectivity index (χ3n) is 4.18. The van der Waals surface area contributed by atoms with Gasteiger partial charge in [-0.1, -0.05) is 36.4 Å². The van der Waals surface area contributed by atoms with Crippen LogP contribution < -0.4 is 5.32 Å². The van der Waals surface area contributed by atoms with Crippen LogP contribution in [0.5, 0.6) is 0 Å². The van der Waals surface area contributed by atoms with Crippen molar-refractivity contribution in [1.29, 1.82) is 0 Å². The van der Waals surface area contributed by atoms with Gasteiger partial charge in [0.05, 0.1) is 0 Å². The van der Waals surface area contributed by atoms with Crippen LogP contribution in [-0.2, 0) is 6.54 Å². The van der Waals surface area contributed by atoms with Gasteiger partial charge in [-0.15, -0.1) is 0 Å². The van der Waals surface area contributed by atoms with Gasteiger partial charge in [0, 0.05) is 12.6 Å². The molecule has 2 heteroatoms. The normalized spacial score (nSPS) is 17.2. The van der Waals surface area contributed by atoms with Crippen molar-refractivity contribution >= 4 is 10.8 Å². The summed E-state index contributed by atoms with van der Waals surface area (Å²) in [4.78, 5) is 2.50. The minimum atomic E-state index is 0.729. The number of nitrogens with one attached hydrogen (secondary N) is 1. The van der Waals surface area contributed by atoms with E-state index >= 15 is 0 Å². The Bertz CT molecular complexity index is 544. The van der Waals surface area contributed by atoms with Crippen molar-refractivity contribution in [2.45, 2.75) is 25.4 Å². The van der Waals surface area contributed by atoms with E-state index in [0.717, 1.165) is 25.7 Å². The van der Waals surface area contributed by atoms with Crippen LogP contribution in [0.15, 0.2) is 42.5 Å². The van der Waals surface area contributed by atoms with Crippen LogP contribution in [0.1, 0.15) is 18.4 Å². The lowest BCUT2D eigenvalue weighted by atomic mass is 10.0. The van der Waals surface area contributed by atoms with Gasteiger partial charge in [0.15, 0.2) is 0 Å². The summed E-state index contributed by atoms with van der Waals surface area (Å²) in [5.74, 6) is 0. The molecule has 0 amide bonds. The molecule has 0 aromatic heterocycles. The molecule has 0 saturated carbocycles. The minimum absolute atomic E-state index is 0.729. The van der Waals surface area contributed by atoms with E-state index < -0.39 is 0 Å². The second kappa shape index (κ2) is 5.72. The van der Waals surface area contributed by atoms with Gasteiger partial charge < -0.3 is 5.32 Å². The smallest absolute Gasteiger partial charge is 0.0233 e. The average molecular weight is 254 g/mol. The second-order valence-corrected chi connectivity index (χ2v) is 5.58. The SMILES string of the molecule is CN(Cc1ccc2ccccc2c1)C1CCNCC1. The number of hydrogen-bond acceptors (Lipinski definition) is 2. The Balaban J connectivity index is 1.73. The fourth-order valence-electron chi connectivity index (χ4n) is 3.00. The van der Waals surface area contributed by atoms with Crippen LogP contribution in [0.2, 0.25) is 0 Å². The van der Waals surface area contributed by atoms with Crippen molar-refractivity contribution in [3.8, 4) is 0 Å². The molecule has 2 nitrogen and oxygen atoms in total. The van der Waals surface area contributed by atoms with Crippen molar-refractivity contribution in [2.24, 2.45) is 0 Å². The van der Waals surface area contributed by atoms with Crippen molar-refractivity contribution in [3.63, 3.8) is 0 Å². The van der Waals surface area contributed by atoms with E-state index in [-0.39, 0.29) is 0 Å². The van der Waals surface area contributed by atoms with Crippen molar-refractivity contribution in [2.75, 3.05) is 20.1 Å². The van der Waals surface area contributed by atoms with Gasteiger partial charge in [0.2, 0.25) is 0 Å². The number of benzene rings is 2. The molecule has 3 rings (SSSR count). The fourth-order valence-corrected chi connectivity index (χ4v) is 3.00. The van der Waals surface area contributed by atoms with Crippen LogP contribution in [-0.4, -0.2) is 31.1 Å². The number of rotatable bonds is 3. The molecule has 0 spiro atoms. The van der Waals surface area contributed by atoms with Gasteiger partial charge >= 0.3 is 0 Å². The summed E-state index contributed by atoms with van der Waals surface area (Å²) in [7, 11) is 2.26. The van der Waals surface area contributed by atoms with E-state index in [1.165, 1.54) is 29.2 Å². The topological polar surface area (TPSA) is 15.3 Å². The lowest BCUT2D eigenvalue weighted by molar-refractivity contribution is 0.192. The Morgan fingerprint density at radius 2 is 1.79 bits per heavy atom. The molecule has 1 aliphatic heterocycles. The molecule has 1 heterocycles. The quantitative estimate of drug-likeness (QED) is 0.905. The first kappa shape index (κ1) is 12.6. The Labute approximate surface area is 115 Å². The highest BCUT2D eigenvalue weighted by Crippen LogP contribution is 2.18. The third kappa shape index (κ3) is 2.96. The maximum Gasteiger partial charge on any atom is 0.0233 e. The molecule has 2 aromatic carbocycles. The Hall–Kier alpha value is -1.38. The maximum atomic E-state index is 3.43. The first-order valence-electron chi connectivity index (χ1n) is 7.21. The van der Waals surface area contributed by atoms with E-state index in [0.29, 0.717) is 0 Å². The maximum absolute atomic E-state index is 3.43. The first-order chi connectivity index (χ1) is 9.33. The summed E-state index contributed by atoms with van der Waals surface area (Å²) in [6.07, 6.45) is 2.54. The number of piperidine rings is 1. The predicted molar refractivity (Wildman–Crippen MR) is 81.3 cm³/mol. The van der Waals surface area contributed by atoms with Crippen LogP contribution in [0.25, 0.3) is 10.8 Å². The zero-order valence-electron chi connectivity index (χ0n) is 11.6. The number of fused-ring (bicyclic) bond motifs is 1. The third-order valence-corrected chi connectivity index (χ3v) is 4.18. The fraction of sp³-hybridized carbons (Fsp3) is 0.412. The Morgan fingerprint density at radius 1 is 1.05 bits per heavy atom. The number of nitrogens with zero attached hydrogens (tertiary/aromatic N) is 1. The van der Waals surface area contributed by atoms with E-state index in [1.54, 1.807) is 0 Å². The molecule has 2 aromatic rings. The molecule has 1 N–H and O–H groups in total. The molecule has 0 bridgehead atoms. The number of hydrogen-bond donors (Lipinski definition) is 1. The molecule has 0 unspecified atom stereocenters. The van der Waals surface area contributed by atoms with E-state index in [2.05, 4.69) is 59.7 Å². The van der Waals surface area contributed by atoms with Crippen LogP contribution in [0, 0.1) is 0 Å². The summed E-state index contributed by atoms with van der Waals surface area (Å²) in [5.41, 5.74) is 1.42. The molecule has 0 radical (unpaired) electrons.